The number of pyridine rings is 1. The van der Waals surface area contributed by atoms with Gasteiger partial charge in [0.25, 0.3) is 0 Å². The predicted molar refractivity (Wildman–Crippen MR) is 239 cm³/mol. The number of benzene rings is 3. The fraction of sp³-hybridized carbons (Fsp3) is 0.538. The number of aliphatic hydroxyl groups excluding tert-OH is 1. The van der Waals surface area contributed by atoms with E-state index in [1.54, 1.807) is 0 Å². The molecule has 0 amide bonds. The quantitative estimate of drug-likeness (QED) is 0.0908. The number of aliphatic hydroxyl groups is 1. The maximum Gasteiger partial charge on any atom is 0.162 e. The molecule has 311 valence electrons. The van der Waals surface area contributed by atoms with Crippen molar-refractivity contribution >= 4 is 38.5 Å². The average Bonchev–Trinajstić information content (AvgIpc) is 3.51. The number of carbonyl (C=O) groups is 1. The first-order valence-electron chi connectivity index (χ1n) is 21.4. The van der Waals surface area contributed by atoms with Gasteiger partial charge in [0, 0.05) is 66.2 Å². The van der Waals surface area contributed by atoms with Crippen molar-refractivity contribution in [1.82, 2.24) is 4.98 Å². The largest absolute Gasteiger partial charge is 0.512 e. The van der Waals surface area contributed by atoms with Crippen LogP contribution in [0.3, 0.4) is 0 Å². The average molecular weight is 949 g/mol. The number of ketones is 1. The minimum absolute atomic E-state index is 0. The van der Waals surface area contributed by atoms with Gasteiger partial charge in [0.2, 0.25) is 0 Å². The molecule has 4 nitrogen and oxygen atoms in total. The molecule has 0 saturated carbocycles. The Morgan fingerprint density at radius 2 is 1.44 bits per heavy atom. The minimum Gasteiger partial charge on any atom is -0.512 e. The van der Waals surface area contributed by atoms with Crippen LogP contribution >= 0.6 is 0 Å². The van der Waals surface area contributed by atoms with Gasteiger partial charge in [-0.2, -0.15) is 0 Å². The van der Waals surface area contributed by atoms with Crippen LogP contribution in [0.4, 0.5) is 0 Å². The van der Waals surface area contributed by atoms with Crippen molar-refractivity contribution in [2.45, 2.75) is 165 Å². The van der Waals surface area contributed by atoms with Crippen molar-refractivity contribution in [3.63, 3.8) is 0 Å². The molecule has 0 unspecified atom stereocenters. The summed E-state index contributed by atoms with van der Waals surface area (Å²) in [5.41, 5.74) is 11.2. The predicted octanol–water partition coefficient (Wildman–Crippen LogP) is 15.0. The van der Waals surface area contributed by atoms with Crippen LogP contribution in [0.5, 0.6) is 0 Å². The van der Waals surface area contributed by atoms with Gasteiger partial charge in [-0.3, -0.25) is 9.78 Å². The molecule has 6 rings (SSSR count). The number of allylic oxidation sites excluding steroid dienone is 2. The standard InChI is InChI=1S/C39H46NO.C13H24O2.Ir/c1-23-28(22-36(2,3)4)31-32(39(10,11)18-17-38(31,8)9)35-30(23)27-16-19-40-33(34(27)41-35)25-20-24-14-12-13-15-26(24)29(21-25)37(5,6)7;1-5-10(6-2)12(14)9-13(15)11(7-3)8-4;/h12-16,19,21H,17-18,22H2,1-11H3;9-11,14H,5-8H2,1-4H3;/q-1;;/b;12-9-;. The Kier molecular flexibility index (Phi) is 14.3. The Labute approximate surface area is 358 Å². The van der Waals surface area contributed by atoms with Crippen molar-refractivity contribution < 1.29 is 34.4 Å². The molecule has 57 heavy (non-hydrogen) atoms. The molecule has 1 N–H and O–H groups in total. The van der Waals surface area contributed by atoms with E-state index in [1.807, 2.05) is 33.9 Å². The first-order chi connectivity index (χ1) is 26.1. The van der Waals surface area contributed by atoms with Crippen LogP contribution < -0.4 is 0 Å². The van der Waals surface area contributed by atoms with Crippen LogP contribution in [0.1, 0.15) is 163 Å². The third kappa shape index (κ3) is 9.47. The molecule has 0 spiro atoms. The number of hydrogen-bond acceptors (Lipinski definition) is 4. The maximum absolute atomic E-state index is 11.7. The van der Waals surface area contributed by atoms with E-state index in [9.17, 15) is 9.90 Å². The fourth-order valence-corrected chi connectivity index (χ4v) is 9.14. The molecule has 0 bridgehead atoms. The van der Waals surface area contributed by atoms with Crippen LogP contribution in [0.25, 0.3) is 44.0 Å². The second-order valence-electron chi connectivity index (χ2n) is 20.1. The maximum atomic E-state index is 11.7. The normalized spacial score (nSPS) is 15.5. The summed E-state index contributed by atoms with van der Waals surface area (Å²) < 4.78 is 7.09. The Hall–Kier alpha value is -3.27. The number of fused-ring (bicyclic) bond motifs is 6. The SMILES string of the molecule is CCC(CC)C(=O)/C=C(\O)C(CC)CC.Cc1c(CC(C)(C)C)c2c(c3oc4c(-c5[c-]c6ccccc6c(C(C)(C)C)c5)nccc4c13)C(C)(C)CCC2(C)C.[Ir]. The van der Waals surface area contributed by atoms with Crippen molar-refractivity contribution in [1.29, 1.82) is 0 Å². The van der Waals surface area contributed by atoms with Crippen molar-refractivity contribution in [3.05, 3.63) is 88.3 Å². The molecule has 5 heteroatoms. The number of carbonyl (C=O) groups excluding carboxylic acids is 1. The monoisotopic (exact) mass is 949 g/mol. The van der Waals surface area contributed by atoms with E-state index in [1.165, 1.54) is 56.5 Å². The molecule has 1 aliphatic rings. The molecule has 1 aliphatic carbocycles. The van der Waals surface area contributed by atoms with Gasteiger partial charge in [-0.25, -0.2) is 0 Å². The van der Waals surface area contributed by atoms with Gasteiger partial charge in [0.1, 0.15) is 11.2 Å². The third-order valence-corrected chi connectivity index (χ3v) is 12.6. The van der Waals surface area contributed by atoms with Crippen molar-refractivity contribution in [2.75, 3.05) is 0 Å². The number of furan rings is 1. The van der Waals surface area contributed by atoms with E-state index in [2.05, 4.69) is 119 Å². The zero-order valence-corrected chi connectivity index (χ0v) is 40.2. The van der Waals surface area contributed by atoms with Crippen molar-refractivity contribution in [2.24, 2.45) is 17.3 Å². The third-order valence-electron chi connectivity index (χ3n) is 12.6. The van der Waals surface area contributed by atoms with E-state index in [0.717, 1.165) is 66.3 Å². The topological polar surface area (TPSA) is 63.3 Å². The zero-order valence-electron chi connectivity index (χ0n) is 37.8. The molecule has 5 aromatic rings. The molecular formula is C52H70IrNO3-. The second-order valence-corrected chi connectivity index (χ2v) is 20.1. The van der Waals surface area contributed by atoms with Gasteiger partial charge >= 0.3 is 0 Å². The summed E-state index contributed by atoms with van der Waals surface area (Å²) in [6.07, 6.45) is 10.3. The molecule has 0 atom stereocenters. The summed E-state index contributed by atoms with van der Waals surface area (Å²) in [5.74, 6) is 0.547. The smallest absolute Gasteiger partial charge is 0.162 e. The van der Waals surface area contributed by atoms with E-state index in [0.29, 0.717) is 0 Å². The molecule has 3 aromatic carbocycles. The van der Waals surface area contributed by atoms with Crippen molar-refractivity contribution in [3.8, 4) is 11.3 Å². The summed E-state index contributed by atoms with van der Waals surface area (Å²) in [6.45, 7) is 34.0. The van der Waals surface area contributed by atoms with E-state index in [4.69, 9.17) is 9.40 Å². The summed E-state index contributed by atoms with van der Waals surface area (Å²) in [6, 6.07) is 16.8. The summed E-state index contributed by atoms with van der Waals surface area (Å²) in [5, 5.41) is 14.6. The van der Waals surface area contributed by atoms with E-state index >= 15 is 0 Å². The Balaban J connectivity index is 0.000000385. The van der Waals surface area contributed by atoms with E-state index < -0.39 is 0 Å². The Bertz CT molecular complexity index is 2250. The number of rotatable bonds is 9. The zero-order chi connectivity index (χ0) is 41.5. The van der Waals surface area contributed by atoms with Crippen LogP contribution in [0.2, 0.25) is 0 Å². The van der Waals surface area contributed by atoms with Gasteiger partial charge in [-0.1, -0.05) is 126 Å². The molecule has 0 fully saturated rings. The number of hydrogen-bond donors (Lipinski definition) is 1. The van der Waals surface area contributed by atoms with Gasteiger partial charge in [-0.15, -0.1) is 29.1 Å². The van der Waals surface area contributed by atoms with Crippen LogP contribution in [0.15, 0.2) is 58.8 Å². The van der Waals surface area contributed by atoms with Gasteiger partial charge in [0.15, 0.2) is 5.78 Å². The van der Waals surface area contributed by atoms with Gasteiger partial charge in [-0.05, 0) is 96.3 Å². The van der Waals surface area contributed by atoms with Gasteiger partial charge in [0.05, 0.1) is 5.76 Å². The number of aryl methyl sites for hydroxylation is 1. The molecule has 2 aromatic heterocycles. The summed E-state index contributed by atoms with van der Waals surface area (Å²) in [7, 11) is 0. The number of aromatic nitrogens is 1. The molecule has 0 saturated heterocycles. The second kappa shape index (κ2) is 17.5. The fourth-order valence-electron chi connectivity index (χ4n) is 9.14. The molecule has 2 heterocycles. The Morgan fingerprint density at radius 3 is 2.00 bits per heavy atom. The van der Waals surface area contributed by atoms with Crippen LogP contribution in [-0.4, -0.2) is 15.9 Å². The van der Waals surface area contributed by atoms with E-state index in [-0.39, 0.29) is 65.1 Å². The van der Waals surface area contributed by atoms with Crippen LogP contribution in [0, 0.1) is 30.2 Å². The number of nitrogens with zero attached hydrogens (tertiary/aromatic N) is 1. The first kappa shape index (κ1) is 46.4. The van der Waals surface area contributed by atoms with Crippen LogP contribution in [-0.2, 0) is 47.6 Å². The van der Waals surface area contributed by atoms with Gasteiger partial charge < -0.3 is 9.52 Å². The Morgan fingerprint density at radius 1 is 0.860 bits per heavy atom. The summed E-state index contributed by atoms with van der Waals surface area (Å²) in [4.78, 5) is 16.7. The molecule has 0 aliphatic heterocycles. The minimum atomic E-state index is -0.0155. The molecule has 1 radical (unpaired) electrons. The summed E-state index contributed by atoms with van der Waals surface area (Å²) >= 11 is 0. The molecular weight excluding hydrogens is 879 g/mol. The first-order valence-corrected chi connectivity index (χ1v) is 21.4.